The highest BCUT2D eigenvalue weighted by atomic mass is 16.5. The van der Waals surface area contributed by atoms with Gasteiger partial charge in [-0.2, -0.15) is 0 Å². The topological polar surface area (TPSA) is 78.2 Å². The Morgan fingerprint density at radius 2 is 1.82 bits per heavy atom. The van der Waals surface area contributed by atoms with Crippen LogP contribution in [0.3, 0.4) is 0 Å². The van der Waals surface area contributed by atoms with Crippen LogP contribution in [0.4, 0.5) is 0 Å². The van der Waals surface area contributed by atoms with Crippen LogP contribution in [0.1, 0.15) is 59.5 Å². The summed E-state index contributed by atoms with van der Waals surface area (Å²) < 4.78 is 22.7. The van der Waals surface area contributed by atoms with Crippen LogP contribution in [0.5, 0.6) is 11.5 Å². The number of ether oxygens (including phenoxy) is 3. The average molecular weight is 466 g/mol. The first kappa shape index (κ1) is 23.8. The van der Waals surface area contributed by atoms with Gasteiger partial charge in [-0.05, 0) is 49.6 Å². The molecule has 7 nitrogen and oxygen atoms in total. The van der Waals surface area contributed by atoms with Gasteiger partial charge >= 0.3 is 0 Å². The maximum absolute atomic E-state index is 13.7. The molecule has 0 bridgehead atoms. The molecule has 1 unspecified atom stereocenters. The molecule has 0 saturated carbocycles. The van der Waals surface area contributed by atoms with E-state index in [1.54, 1.807) is 25.2 Å². The molecule has 0 fully saturated rings. The number of nitrogens with zero attached hydrogens (tertiary/aromatic N) is 1. The fraction of sp³-hybridized carbons (Fsp3) is 0.407. The Hall–Kier alpha value is -3.32. The maximum atomic E-state index is 13.7. The van der Waals surface area contributed by atoms with E-state index in [-0.39, 0.29) is 17.1 Å². The molecule has 34 heavy (non-hydrogen) atoms. The molecule has 0 N–H and O–H groups in total. The monoisotopic (exact) mass is 465 g/mol. The van der Waals surface area contributed by atoms with E-state index in [2.05, 4.69) is 6.92 Å². The smallest absolute Gasteiger partial charge is 0.290 e. The number of benzene rings is 2. The number of unbranched alkanes of at least 4 members (excludes halogenated alkanes) is 1. The molecule has 4 rings (SSSR count). The molecule has 1 aliphatic rings. The number of hydrogen-bond donors (Lipinski definition) is 0. The summed E-state index contributed by atoms with van der Waals surface area (Å²) in [6.07, 6.45) is 2.60. The number of aryl methyl sites for hydroxylation is 1. The second kappa shape index (κ2) is 10.3. The Bertz CT molecular complexity index is 1250. The first-order chi connectivity index (χ1) is 16.5. The highest BCUT2D eigenvalue weighted by Gasteiger charge is 2.42. The van der Waals surface area contributed by atoms with Crippen molar-refractivity contribution in [3.8, 4) is 11.5 Å². The molecular formula is C27H31NO6. The molecule has 1 aliphatic heterocycles. The lowest BCUT2D eigenvalue weighted by Crippen LogP contribution is -2.31. The van der Waals surface area contributed by atoms with Crippen molar-refractivity contribution in [1.82, 2.24) is 4.90 Å². The fourth-order valence-electron chi connectivity index (χ4n) is 4.39. The summed E-state index contributed by atoms with van der Waals surface area (Å²) in [7, 11) is 3.21. The van der Waals surface area contributed by atoms with Crippen LogP contribution in [0.25, 0.3) is 11.0 Å². The number of fused-ring (bicyclic) bond motifs is 2. The predicted molar refractivity (Wildman–Crippen MR) is 130 cm³/mol. The molecule has 1 amide bonds. The molecule has 2 heterocycles. The molecule has 3 aromatic rings. The minimum atomic E-state index is -0.584. The van der Waals surface area contributed by atoms with Crippen molar-refractivity contribution in [3.63, 3.8) is 0 Å². The van der Waals surface area contributed by atoms with E-state index >= 15 is 0 Å². The lowest BCUT2D eigenvalue weighted by Gasteiger charge is -2.25. The van der Waals surface area contributed by atoms with Crippen molar-refractivity contribution < 1.29 is 23.4 Å². The number of carbonyl (C=O) groups is 1. The molecule has 1 aromatic heterocycles. The summed E-state index contributed by atoms with van der Waals surface area (Å²) in [5, 5.41) is 0.474. The van der Waals surface area contributed by atoms with Gasteiger partial charge in [0.2, 0.25) is 5.76 Å². The predicted octanol–water partition coefficient (Wildman–Crippen LogP) is 4.87. The third kappa shape index (κ3) is 4.40. The largest absolute Gasteiger partial charge is 0.493 e. The summed E-state index contributed by atoms with van der Waals surface area (Å²) in [5.41, 5.74) is 2.31. The van der Waals surface area contributed by atoms with E-state index in [1.165, 1.54) is 0 Å². The molecule has 0 saturated heterocycles. The van der Waals surface area contributed by atoms with Crippen LogP contribution in [-0.4, -0.2) is 44.8 Å². The lowest BCUT2D eigenvalue weighted by molar-refractivity contribution is 0.0707. The molecule has 180 valence electrons. The van der Waals surface area contributed by atoms with Gasteiger partial charge in [-0.3, -0.25) is 9.59 Å². The van der Waals surface area contributed by atoms with Crippen LogP contribution < -0.4 is 14.9 Å². The fourth-order valence-corrected chi connectivity index (χ4v) is 4.39. The third-order valence-electron chi connectivity index (χ3n) is 6.13. The summed E-state index contributed by atoms with van der Waals surface area (Å²) >= 11 is 0. The average Bonchev–Trinajstić information content (AvgIpc) is 3.12. The quantitative estimate of drug-likeness (QED) is 0.398. The maximum Gasteiger partial charge on any atom is 0.290 e. The Kier molecular flexibility index (Phi) is 7.22. The molecular weight excluding hydrogens is 434 g/mol. The minimum Gasteiger partial charge on any atom is -0.493 e. The van der Waals surface area contributed by atoms with Crippen molar-refractivity contribution in [1.29, 1.82) is 0 Å². The minimum absolute atomic E-state index is 0.103. The second-order valence-electron chi connectivity index (χ2n) is 8.53. The molecule has 1 atom stereocenters. The summed E-state index contributed by atoms with van der Waals surface area (Å²) in [6.45, 7) is 5.55. The molecule has 2 aromatic carbocycles. The third-order valence-corrected chi connectivity index (χ3v) is 6.13. The van der Waals surface area contributed by atoms with Crippen LogP contribution >= 0.6 is 0 Å². The van der Waals surface area contributed by atoms with E-state index in [0.29, 0.717) is 54.2 Å². The number of methoxy groups -OCH3 is 2. The van der Waals surface area contributed by atoms with Crippen molar-refractivity contribution in [2.45, 2.75) is 39.2 Å². The highest BCUT2D eigenvalue weighted by Crippen LogP contribution is 2.41. The zero-order valence-corrected chi connectivity index (χ0v) is 20.2. The van der Waals surface area contributed by atoms with Crippen LogP contribution in [-0.2, 0) is 4.74 Å². The Labute approximate surface area is 199 Å². The number of carbonyl (C=O) groups excluding carboxylic acids is 1. The molecule has 0 radical (unpaired) electrons. The summed E-state index contributed by atoms with van der Waals surface area (Å²) in [5.74, 6) is 1.01. The summed E-state index contributed by atoms with van der Waals surface area (Å²) in [4.78, 5) is 28.8. The van der Waals surface area contributed by atoms with Gasteiger partial charge in [-0.1, -0.05) is 31.0 Å². The van der Waals surface area contributed by atoms with Gasteiger partial charge in [-0.15, -0.1) is 0 Å². The lowest BCUT2D eigenvalue weighted by atomic mass is 9.97. The normalized spacial score (nSPS) is 15.1. The molecule has 0 aliphatic carbocycles. The van der Waals surface area contributed by atoms with Gasteiger partial charge < -0.3 is 23.5 Å². The van der Waals surface area contributed by atoms with Gasteiger partial charge in [-0.25, -0.2) is 0 Å². The highest BCUT2D eigenvalue weighted by molar-refractivity contribution is 5.99. The zero-order chi connectivity index (χ0) is 24.2. The standard InChI is InChI=1S/C27H31NO6/c1-5-6-14-33-21-11-9-18(16-22(21)32-4)24-23-25(29)19-15-17(2)8-10-20(19)34-26(23)27(30)28(24)12-7-13-31-3/h8-11,15-16,24H,5-7,12-14H2,1-4H3. The SMILES string of the molecule is CCCCOc1ccc(C2c3c(oc4ccc(C)cc4c3=O)C(=O)N2CCCOC)cc1OC. The van der Waals surface area contributed by atoms with E-state index < -0.39 is 6.04 Å². The first-order valence-corrected chi connectivity index (χ1v) is 11.7. The zero-order valence-electron chi connectivity index (χ0n) is 20.2. The van der Waals surface area contributed by atoms with Gasteiger partial charge in [0.05, 0.1) is 30.7 Å². The van der Waals surface area contributed by atoms with E-state index in [0.717, 1.165) is 24.0 Å². The van der Waals surface area contributed by atoms with Crippen LogP contribution in [0.15, 0.2) is 45.6 Å². The number of amides is 1. The number of hydrogen-bond acceptors (Lipinski definition) is 6. The Morgan fingerprint density at radius 1 is 1.00 bits per heavy atom. The van der Waals surface area contributed by atoms with Crippen molar-refractivity contribution in [2.24, 2.45) is 0 Å². The van der Waals surface area contributed by atoms with Crippen molar-refractivity contribution in [3.05, 3.63) is 69.1 Å². The van der Waals surface area contributed by atoms with Crippen LogP contribution in [0.2, 0.25) is 0 Å². The van der Waals surface area contributed by atoms with E-state index in [9.17, 15) is 9.59 Å². The summed E-state index contributed by atoms with van der Waals surface area (Å²) in [6, 6.07) is 10.4. The second-order valence-corrected chi connectivity index (χ2v) is 8.53. The van der Waals surface area contributed by atoms with Gasteiger partial charge in [0.15, 0.2) is 16.9 Å². The molecule has 7 heteroatoms. The van der Waals surface area contributed by atoms with Gasteiger partial charge in [0.25, 0.3) is 5.91 Å². The Morgan fingerprint density at radius 3 is 2.56 bits per heavy atom. The molecule has 0 spiro atoms. The van der Waals surface area contributed by atoms with Gasteiger partial charge in [0.1, 0.15) is 5.58 Å². The van der Waals surface area contributed by atoms with Gasteiger partial charge in [0, 0.05) is 20.3 Å². The van der Waals surface area contributed by atoms with Crippen molar-refractivity contribution in [2.75, 3.05) is 34.0 Å². The number of rotatable bonds is 10. The van der Waals surface area contributed by atoms with E-state index in [4.69, 9.17) is 18.6 Å². The van der Waals surface area contributed by atoms with Crippen molar-refractivity contribution >= 4 is 16.9 Å². The Balaban J connectivity index is 1.84. The first-order valence-electron chi connectivity index (χ1n) is 11.7. The van der Waals surface area contributed by atoms with E-state index in [1.807, 2.05) is 37.3 Å². The van der Waals surface area contributed by atoms with Crippen LogP contribution in [0, 0.1) is 6.92 Å².